The van der Waals surface area contributed by atoms with Crippen molar-refractivity contribution in [2.24, 2.45) is 5.92 Å². The summed E-state index contributed by atoms with van der Waals surface area (Å²) in [4.78, 5) is 30.4. The van der Waals surface area contributed by atoms with Crippen molar-refractivity contribution in [3.63, 3.8) is 0 Å². The predicted octanol–water partition coefficient (Wildman–Crippen LogP) is 9.42. The predicted molar refractivity (Wildman–Crippen MR) is 216 cm³/mol. The molecule has 1 aliphatic rings. The number of para-hydroxylation sites is 1. The molecule has 0 atom stereocenters. The molecule has 1 fully saturated rings. The second kappa shape index (κ2) is 16.8. The molecule has 13 heteroatoms. The van der Waals surface area contributed by atoms with E-state index in [1.807, 2.05) is 47.5 Å². The van der Waals surface area contributed by atoms with Crippen molar-refractivity contribution in [3.8, 4) is 34.1 Å². The number of amides is 1. The molecular formula is C42H43F2N7O3S. The molecule has 1 amide bonds. The molecule has 0 bridgehead atoms. The van der Waals surface area contributed by atoms with Gasteiger partial charge in [0.1, 0.15) is 34.5 Å². The van der Waals surface area contributed by atoms with Crippen molar-refractivity contribution in [3.05, 3.63) is 108 Å². The Balaban J connectivity index is 1.22. The number of nitrogens with one attached hydrogen (secondary N) is 2. The standard InChI is InChI=1S/C42H43F2N7O3S/c1-5-54-36-25-34(50-20-15-27(16-21-50)17-22-55-4)26(2)23-33(36)47-42-45-18-14-32(46-42)40-38(48-37-11-6-7-19-51(37)40)28-12-13-35(53-3)29(24-28)41(52)49-39-30(43)9-8-10-31(39)44/h6-14,18-19,23-25,27H,5,15-17,20-22H2,1-4H3,(H,49,52)(H,45,46,47). The third kappa shape index (κ3) is 8.07. The smallest absolute Gasteiger partial charge is 0.259 e. The molecule has 6 aromatic rings. The van der Waals surface area contributed by atoms with Crippen molar-refractivity contribution in [1.82, 2.24) is 19.4 Å². The number of aromatic nitrogens is 4. The number of rotatable bonds is 13. The number of anilines is 4. The van der Waals surface area contributed by atoms with Gasteiger partial charge in [0.05, 0.1) is 42.0 Å². The maximum atomic E-state index is 14.5. The maximum absolute atomic E-state index is 14.5. The molecule has 0 unspecified atom stereocenters. The lowest BCUT2D eigenvalue weighted by molar-refractivity contribution is 0.102. The number of hydrogen-bond donors (Lipinski definition) is 2. The van der Waals surface area contributed by atoms with Crippen LogP contribution in [0.25, 0.3) is 28.3 Å². The number of carbonyl (C=O) groups excluding carboxylic acids is 1. The van der Waals surface area contributed by atoms with Gasteiger partial charge in [-0.1, -0.05) is 12.1 Å². The maximum Gasteiger partial charge on any atom is 0.259 e. The van der Waals surface area contributed by atoms with Gasteiger partial charge in [-0.25, -0.2) is 23.7 Å². The molecule has 0 saturated carbocycles. The lowest BCUT2D eigenvalue weighted by Crippen LogP contribution is -2.34. The first-order valence-corrected chi connectivity index (χ1v) is 19.7. The zero-order valence-corrected chi connectivity index (χ0v) is 32.1. The summed E-state index contributed by atoms with van der Waals surface area (Å²) < 4.78 is 42.5. The first kappa shape index (κ1) is 37.6. The van der Waals surface area contributed by atoms with Gasteiger partial charge < -0.3 is 25.0 Å². The lowest BCUT2D eigenvalue weighted by atomic mass is 9.93. The van der Waals surface area contributed by atoms with Crippen LogP contribution in [-0.2, 0) is 0 Å². The van der Waals surface area contributed by atoms with E-state index in [-0.39, 0.29) is 11.3 Å². The number of ether oxygens (including phenoxy) is 2. The molecule has 10 nitrogen and oxygen atoms in total. The highest BCUT2D eigenvalue weighted by Crippen LogP contribution is 2.38. The first-order chi connectivity index (χ1) is 26.8. The summed E-state index contributed by atoms with van der Waals surface area (Å²) in [7, 11) is 1.42. The van der Waals surface area contributed by atoms with Gasteiger partial charge in [-0.05, 0) is 111 Å². The fourth-order valence-corrected chi connectivity index (χ4v) is 7.65. The van der Waals surface area contributed by atoms with Crippen LogP contribution in [0.4, 0.5) is 31.8 Å². The molecule has 284 valence electrons. The van der Waals surface area contributed by atoms with Gasteiger partial charge in [0, 0.05) is 42.8 Å². The van der Waals surface area contributed by atoms with Crippen molar-refractivity contribution >= 4 is 46.3 Å². The number of halogens is 2. The minimum absolute atomic E-state index is 0.0675. The average molecular weight is 764 g/mol. The van der Waals surface area contributed by atoms with Crippen LogP contribution in [0.3, 0.4) is 0 Å². The van der Waals surface area contributed by atoms with E-state index in [1.54, 1.807) is 30.5 Å². The van der Waals surface area contributed by atoms with Gasteiger partial charge in [0.25, 0.3) is 5.91 Å². The molecule has 3 aromatic carbocycles. The fraction of sp³-hybridized carbons (Fsp3) is 0.286. The topological polar surface area (TPSA) is 106 Å². The normalized spacial score (nSPS) is 13.2. The SMILES string of the molecule is CCOc1cc(N2CCC(CCSC)CC2)c(C)cc1Nc1nccc(-c2c(-c3ccc(OC)c(C(=O)Nc4c(F)cccc4F)c3)nc3ccccn23)n1. The van der Waals surface area contributed by atoms with Crippen LogP contribution >= 0.6 is 11.8 Å². The monoisotopic (exact) mass is 763 g/mol. The Hall–Kier alpha value is -5.69. The number of aryl methyl sites for hydroxylation is 1. The Morgan fingerprint density at radius 2 is 1.78 bits per heavy atom. The van der Waals surface area contributed by atoms with Crippen molar-refractivity contribution in [2.75, 3.05) is 54.3 Å². The molecule has 2 N–H and O–H groups in total. The summed E-state index contributed by atoms with van der Waals surface area (Å²) in [6.07, 6.45) is 9.38. The number of hydrogen-bond acceptors (Lipinski definition) is 9. The molecule has 55 heavy (non-hydrogen) atoms. The number of methoxy groups -OCH3 is 1. The number of carbonyl (C=O) groups is 1. The Morgan fingerprint density at radius 1 is 0.982 bits per heavy atom. The number of thioether (sulfide) groups is 1. The number of fused-ring (bicyclic) bond motifs is 1. The molecule has 7 rings (SSSR count). The first-order valence-electron chi connectivity index (χ1n) is 18.3. The highest BCUT2D eigenvalue weighted by Gasteiger charge is 2.24. The highest BCUT2D eigenvalue weighted by molar-refractivity contribution is 7.98. The van der Waals surface area contributed by atoms with E-state index in [2.05, 4.69) is 45.8 Å². The van der Waals surface area contributed by atoms with E-state index in [9.17, 15) is 13.6 Å². The third-order valence-corrected chi connectivity index (χ3v) is 10.5. The van der Waals surface area contributed by atoms with Gasteiger partial charge in [-0.3, -0.25) is 9.20 Å². The van der Waals surface area contributed by atoms with E-state index in [1.165, 1.54) is 43.9 Å². The summed E-state index contributed by atoms with van der Waals surface area (Å²) in [5.41, 5.74) is 5.53. The molecule has 3 aromatic heterocycles. The van der Waals surface area contributed by atoms with Crippen LogP contribution in [0.2, 0.25) is 0 Å². The van der Waals surface area contributed by atoms with Crippen LogP contribution in [0.1, 0.15) is 42.1 Å². The molecule has 1 aliphatic heterocycles. The molecule has 1 saturated heterocycles. The van der Waals surface area contributed by atoms with Crippen molar-refractivity contribution in [2.45, 2.75) is 33.1 Å². The largest absolute Gasteiger partial charge is 0.496 e. The average Bonchev–Trinajstić information content (AvgIpc) is 3.59. The molecule has 0 spiro atoms. The summed E-state index contributed by atoms with van der Waals surface area (Å²) in [5.74, 6) is 0.755. The molecule has 0 aliphatic carbocycles. The minimum atomic E-state index is -0.893. The number of imidazole rings is 1. The number of piperidine rings is 1. The zero-order chi connectivity index (χ0) is 38.5. The van der Waals surface area contributed by atoms with Gasteiger partial charge in [-0.15, -0.1) is 0 Å². The zero-order valence-electron chi connectivity index (χ0n) is 31.2. The van der Waals surface area contributed by atoms with Gasteiger partial charge >= 0.3 is 0 Å². The van der Waals surface area contributed by atoms with Crippen LogP contribution in [0, 0.1) is 24.5 Å². The Kier molecular flexibility index (Phi) is 11.5. The van der Waals surface area contributed by atoms with Crippen LogP contribution in [0.15, 0.2) is 85.2 Å². The van der Waals surface area contributed by atoms with Gasteiger partial charge in [0.15, 0.2) is 0 Å². The molecular weight excluding hydrogens is 721 g/mol. The summed E-state index contributed by atoms with van der Waals surface area (Å²) in [6, 6.07) is 20.0. The van der Waals surface area contributed by atoms with E-state index < -0.39 is 23.2 Å². The quantitative estimate of drug-likeness (QED) is 0.119. The number of pyridine rings is 1. The lowest BCUT2D eigenvalue weighted by Gasteiger charge is -2.35. The summed E-state index contributed by atoms with van der Waals surface area (Å²) in [5, 5.41) is 5.77. The van der Waals surface area contributed by atoms with Crippen molar-refractivity contribution in [1.29, 1.82) is 0 Å². The van der Waals surface area contributed by atoms with E-state index >= 15 is 0 Å². The second-order valence-electron chi connectivity index (χ2n) is 13.4. The summed E-state index contributed by atoms with van der Waals surface area (Å²) >= 11 is 1.92. The second-order valence-corrected chi connectivity index (χ2v) is 14.4. The fourth-order valence-electron chi connectivity index (χ4n) is 7.08. The van der Waals surface area contributed by atoms with Gasteiger partial charge in [0.2, 0.25) is 5.95 Å². The Bertz CT molecular complexity index is 2310. The van der Waals surface area contributed by atoms with Crippen LogP contribution in [0.5, 0.6) is 11.5 Å². The number of nitrogens with zero attached hydrogens (tertiary/aromatic N) is 5. The number of benzene rings is 3. The van der Waals surface area contributed by atoms with Gasteiger partial charge in [-0.2, -0.15) is 11.8 Å². The minimum Gasteiger partial charge on any atom is -0.496 e. The molecule has 0 radical (unpaired) electrons. The highest BCUT2D eigenvalue weighted by atomic mass is 32.2. The summed E-state index contributed by atoms with van der Waals surface area (Å²) in [6.45, 7) is 6.63. The van der Waals surface area contributed by atoms with Crippen molar-refractivity contribution < 1.29 is 23.0 Å². The van der Waals surface area contributed by atoms with Crippen LogP contribution < -0.4 is 25.0 Å². The van der Waals surface area contributed by atoms with E-state index in [4.69, 9.17) is 19.4 Å². The Morgan fingerprint density at radius 3 is 2.53 bits per heavy atom. The third-order valence-electron chi connectivity index (χ3n) is 9.88. The Labute approximate surface area is 323 Å². The van der Waals surface area contributed by atoms with E-state index in [0.717, 1.165) is 48.1 Å². The van der Waals surface area contributed by atoms with E-state index in [0.29, 0.717) is 40.8 Å². The molecule has 4 heterocycles. The van der Waals surface area contributed by atoms with Crippen LogP contribution in [-0.4, -0.2) is 64.1 Å².